The number of benzene rings is 1. The number of anilines is 2. The van der Waals surface area contributed by atoms with Crippen molar-refractivity contribution < 1.29 is 14.5 Å². The molecule has 2 aromatic rings. The summed E-state index contributed by atoms with van der Waals surface area (Å²) in [5.74, 6) is -0.352. The molecule has 0 bridgehead atoms. The molecule has 4 rings (SSSR count). The van der Waals surface area contributed by atoms with E-state index in [0.717, 1.165) is 42.9 Å². The molecule has 0 unspecified atom stereocenters. The Bertz CT molecular complexity index is 746. The standard InChI is InChI=1S/C18H21FN4O/c1-12-3-2-4-14(19)17(12)22-11-15-16(7-10-21-15)23(18(22)24)13-5-8-20-9-6-13/h2-4,7,10,13,20-21H,5-6,8-9,11H2,1H3/p+1. The number of hydrogen-bond donors (Lipinski definition) is 2. The highest BCUT2D eigenvalue weighted by atomic mass is 19.1. The molecule has 0 atom stereocenters. The molecular formula is C18H22FN4O+. The summed E-state index contributed by atoms with van der Waals surface area (Å²) in [5.41, 5.74) is 3.06. The van der Waals surface area contributed by atoms with Crippen molar-refractivity contribution in [2.75, 3.05) is 22.9 Å². The van der Waals surface area contributed by atoms with E-state index in [-0.39, 0.29) is 17.9 Å². The molecular weight excluding hydrogens is 307 g/mol. The zero-order chi connectivity index (χ0) is 16.7. The quantitative estimate of drug-likeness (QED) is 0.871. The molecule has 1 fully saturated rings. The summed E-state index contributed by atoms with van der Waals surface area (Å²) in [6.07, 6.45) is 3.78. The van der Waals surface area contributed by atoms with Gasteiger partial charge in [-0.25, -0.2) is 9.18 Å². The van der Waals surface area contributed by atoms with Gasteiger partial charge in [0.25, 0.3) is 0 Å². The molecule has 3 N–H and O–H groups in total. The van der Waals surface area contributed by atoms with Gasteiger partial charge >= 0.3 is 6.03 Å². The maximum Gasteiger partial charge on any atom is 0.329 e. The second kappa shape index (κ2) is 5.94. The van der Waals surface area contributed by atoms with Crippen LogP contribution in [0.25, 0.3) is 0 Å². The van der Waals surface area contributed by atoms with E-state index in [1.807, 2.05) is 30.2 Å². The maximum absolute atomic E-state index is 14.5. The fraction of sp³-hybridized carbons (Fsp3) is 0.389. The summed E-state index contributed by atoms with van der Waals surface area (Å²) in [6.45, 7) is 4.26. The number of nitrogens with zero attached hydrogens (tertiary/aromatic N) is 2. The molecule has 2 aliphatic heterocycles. The third-order valence-electron chi connectivity index (χ3n) is 5.05. The Morgan fingerprint density at radius 2 is 2.04 bits per heavy atom. The van der Waals surface area contributed by atoms with Crippen LogP contribution in [0.4, 0.5) is 20.6 Å². The predicted molar refractivity (Wildman–Crippen MR) is 90.7 cm³/mol. The third-order valence-corrected chi connectivity index (χ3v) is 5.05. The smallest absolute Gasteiger partial charge is 0.329 e. The topological polar surface area (TPSA) is 56.0 Å². The van der Waals surface area contributed by atoms with Crippen LogP contribution in [0, 0.1) is 12.7 Å². The second-order valence-electron chi connectivity index (χ2n) is 6.58. The van der Waals surface area contributed by atoms with Crippen LogP contribution in [0.15, 0.2) is 30.5 Å². The molecule has 5 nitrogen and oxygen atoms in total. The maximum atomic E-state index is 14.5. The van der Waals surface area contributed by atoms with Crippen molar-refractivity contribution in [3.63, 3.8) is 0 Å². The van der Waals surface area contributed by atoms with Gasteiger partial charge in [0.15, 0.2) is 0 Å². The minimum Gasteiger partial charge on any atom is -0.362 e. The first-order chi connectivity index (χ1) is 11.7. The van der Waals surface area contributed by atoms with Gasteiger partial charge in [-0.3, -0.25) is 9.80 Å². The molecule has 1 saturated heterocycles. The lowest BCUT2D eigenvalue weighted by Crippen LogP contribution is -2.87. The summed E-state index contributed by atoms with van der Waals surface area (Å²) < 4.78 is 14.5. The fourth-order valence-electron chi connectivity index (χ4n) is 3.87. The van der Waals surface area contributed by atoms with Gasteiger partial charge in [0.05, 0.1) is 36.7 Å². The fourth-order valence-corrected chi connectivity index (χ4v) is 3.87. The Morgan fingerprint density at radius 3 is 2.79 bits per heavy atom. The lowest BCUT2D eigenvalue weighted by molar-refractivity contribution is -0.662. The number of carbonyl (C=O) groups excluding carboxylic acids is 1. The highest BCUT2D eigenvalue weighted by Crippen LogP contribution is 2.36. The van der Waals surface area contributed by atoms with Crippen molar-refractivity contribution in [1.82, 2.24) is 4.98 Å². The van der Waals surface area contributed by atoms with Crippen molar-refractivity contribution in [1.29, 1.82) is 0 Å². The molecule has 3 heterocycles. The van der Waals surface area contributed by atoms with Crippen LogP contribution in [0.1, 0.15) is 24.1 Å². The Morgan fingerprint density at radius 1 is 1.25 bits per heavy atom. The monoisotopic (exact) mass is 329 g/mol. The van der Waals surface area contributed by atoms with Gasteiger partial charge in [-0.1, -0.05) is 12.1 Å². The Kier molecular flexibility index (Phi) is 3.76. The number of nitrogens with two attached hydrogens (primary N) is 1. The average Bonchev–Trinajstić information content (AvgIpc) is 3.04. The summed E-state index contributed by atoms with van der Waals surface area (Å²) in [5, 5.41) is 2.28. The summed E-state index contributed by atoms with van der Waals surface area (Å²) in [4.78, 5) is 19.9. The number of carbonyl (C=O) groups is 1. The van der Waals surface area contributed by atoms with E-state index in [1.54, 1.807) is 11.0 Å². The summed E-state index contributed by atoms with van der Waals surface area (Å²) >= 11 is 0. The van der Waals surface area contributed by atoms with E-state index in [4.69, 9.17) is 0 Å². The molecule has 24 heavy (non-hydrogen) atoms. The molecule has 1 aromatic heterocycles. The number of aromatic nitrogens is 1. The zero-order valence-corrected chi connectivity index (χ0v) is 13.8. The Balaban J connectivity index is 1.77. The summed E-state index contributed by atoms with van der Waals surface area (Å²) in [7, 11) is 0. The number of quaternary nitrogens is 1. The minimum atomic E-state index is -0.352. The number of para-hydroxylation sites is 1. The zero-order valence-electron chi connectivity index (χ0n) is 13.8. The first kappa shape index (κ1) is 15.2. The van der Waals surface area contributed by atoms with E-state index in [9.17, 15) is 9.18 Å². The summed E-state index contributed by atoms with van der Waals surface area (Å²) in [6, 6.07) is 6.94. The Labute approximate surface area is 140 Å². The number of halogens is 1. The van der Waals surface area contributed by atoms with Crippen LogP contribution in [-0.2, 0) is 6.54 Å². The van der Waals surface area contributed by atoms with E-state index in [0.29, 0.717) is 12.2 Å². The number of hydrogen-bond acceptors (Lipinski definition) is 1. The number of aryl methyl sites for hydroxylation is 1. The lowest BCUT2D eigenvalue weighted by atomic mass is 10.0. The molecule has 0 radical (unpaired) electrons. The van der Waals surface area contributed by atoms with Gasteiger partial charge in [0.2, 0.25) is 0 Å². The molecule has 126 valence electrons. The van der Waals surface area contributed by atoms with Crippen molar-refractivity contribution >= 4 is 17.4 Å². The first-order valence-corrected chi connectivity index (χ1v) is 8.50. The van der Waals surface area contributed by atoms with Crippen LogP contribution >= 0.6 is 0 Å². The van der Waals surface area contributed by atoms with Crippen molar-refractivity contribution in [3.05, 3.63) is 47.5 Å². The first-order valence-electron chi connectivity index (χ1n) is 8.50. The molecule has 2 aliphatic rings. The number of H-pyrrole nitrogens is 1. The molecule has 1 aromatic carbocycles. The van der Waals surface area contributed by atoms with Crippen molar-refractivity contribution in [2.45, 2.75) is 32.4 Å². The van der Waals surface area contributed by atoms with Crippen molar-refractivity contribution in [2.24, 2.45) is 0 Å². The van der Waals surface area contributed by atoms with Gasteiger partial charge in [-0.05, 0) is 24.6 Å². The van der Waals surface area contributed by atoms with Crippen LogP contribution in [0.5, 0.6) is 0 Å². The Hall–Kier alpha value is -2.34. The predicted octanol–water partition coefficient (Wildman–Crippen LogP) is 2.13. The minimum absolute atomic E-state index is 0.123. The van der Waals surface area contributed by atoms with Gasteiger partial charge in [0, 0.05) is 25.1 Å². The van der Waals surface area contributed by atoms with Gasteiger partial charge in [-0.15, -0.1) is 0 Å². The largest absolute Gasteiger partial charge is 0.362 e. The van der Waals surface area contributed by atoms with E-state index in [2.05, 4.69) is 10.3 Å². The van der Waals surface area contributed by atoms with E-state index < -0.39 is 0 Å². The molecule has 0 spiro atoms. The third kappa shape index (κ3) is 2.38. The number of rotatable bonds is 2. The molecule has 0 aliphatic carbocycles. The lowest BCUT2D eigenvalue weighted by Gasteiger charge is -2.41. The molecule has 6 heteroatoms. The number of nitrogens with one attached hydrogen (secondary N) is 1. The number of aromatic amines is 1. The van der Waals surface area contributed by atoms with Crippen LogP contribution in [0.2, 0.25) is 0 Å². The SMILES string of the molecule is Cc1cccc(F)c1N1Cc2[nH]ccc2N(C2CC[NH2+]CC2)C1=O. The van der Waals surface area contributed by atoms with Gasteiger partial charge in [-0.2, -0.15) is 0 Å². The molecule has 2 amide bonds. The highest BCUT2D eigenvalue weighted by molar-refractivity contribution is 6.06. The number of piperidine rings is 1. The van der Waals surface area contributed by atoms with E-state index in [1.165, 1.54) is 6.07 Å². The van der Waals surface area contributed by atoms with Crippen molar-refractivity contribution in [3.8, 4) is 0 Å². The number of fused-ring (bicyclic) bond motifs is 1. The normalized spacial score (nSPS) is 18.8. The van der Waals surface area contributed by atoms with Crippen LogP contribution in [0.3, 0.4) is 0 Å². The number of amides is 2. The average molecular weight is 329 g/mol. The van der Waals surface area contributed by atoms with E-state index >= 15 is 0 Å². The molecule has 0 saturated carbocycles. The highest BCUT2D eigenvalue weighted by Gasteiger charge is 2.38. The van der Waals surface area contributed by atoms with Crippen LogP contribution < -0.4 is 15.1 Å². The number of urea groups is 1. The van der Waals surface area contributed by atoms with Gasteiger partial charge in [0.1, 0.15) is 5.82 Å². The second-order valence-corrected chi connectivity index (χ2v) is 6.58. The van der Waals surface area contributed by atoms with Gasteiger partial charge < -0.3 is 10.3 Å². The van der Waals surface area contributed by atoms with Crippen LogP contribution in [-0.4, -0.2) is 30.1 Å².